The number of furan rings is 1. The summed E-state index contributed by atoms with van der Waals surface area (Å²) >= 11 is 1.31. The van der Waals surface area contributed by atoms with E-state index in [-0.39, 0.29) is 11.6 Å². The fourth-order valence-electron chi connectivity index (χ4n) is 4.07. The summed E-state index contributed by atoms with van der Waals surface area (Å²) in [5, 5.41) is 12.0. The first-order valence-electron chi connectivity index (χ1n) is 11.7. The molecule has 1 fully saturated rings. The van der Waals surface area contributed by atoms with E-state index in [1.807, 2.05) is 60.7 Å². The van der Waals surface area contributed by atoms with Crippen molar-refractivity contribution in [3.8, 4) is 11.3 Å². The first kappa shape index (κ1) is 24.3. The van der Waals surface area contributed by atoms with E-state index in [1.165, 1.54) is 17.8 Å². The quantitative estimate of drug-likeness (QED) is 0.155. The van der Waals surface area contributed by atoms with Crippen molar-refractivity contribution in [1.29, 1.82) is 0 Å². The first-order chi connectivity index (χ1) is 18.0. The van der Waals surface area contributed by atoms with Crippen LogP contribution in [0.25, 0.3) is 17.4 Å². The number of rotatable bonds is 7. The van der Waals surface area contributed by atoms with E-state index in [0.717, 1.165) is 11.1 Å². The third-order valence-corrected chi connectivity index (χ3v) is 7.02. The highest BCUT2D eigenvalue weighted by Crippen LogP contribution is 2.36. The Labute approximate surface area is 218 Å². The molecule has 4 aromatic rings. The topological polar surface area (TPSA) is 89.0 Å². The summed E-state index contributed by atoms with van der Waals surface area (Å²) in [6.45, 7) is 2.57. The summed E-state index contributed by atoms with van der Waals surface area (Å²) in [6, 6.07) is 28.1. The van der Waals surface area contributed by atoms with Gasteiger partial charge in [-0.15, -0.1) is 0 Å². The zero-order valence-electron chi connectivity index (χ0n) is 20.0. The number of benzene rings is 3. The van der Waals surface area contributed by atoms with Crippen LogP contribution in [0.15, 0.2) is 105 Å². The van der Waals surface area contributed by atoms with Gasteiger partial charge >= 0.3 is 0 Å². The molecule has 7 nitrogen and oxygen atoms in total. The molecular formula is C29H23N3O4S. The Hall–Kier alpha value is -4.43. The normalized spacial score (nSPS) is 15.6. The highest BCUT2D eigenvalue weighted by atomic mass is 32.2. The summed E-state index contributed by atoms with van der Waals surface area (Å²) in [7, 11) is 0. The van der Waals surface area contributed by atoms with Gasteiger partial charge < -0.3 is 4.42 Å². The molecule has 0 N–H and O–H groups in total. The lowest BCUT2D eigenvalue weighted by Gasteiger charge is -2.15. The number of carbonyl (C=O) groups excluding carboxylic acids is 1. The summed E-state index contributed by atoms with van der Waals surface area (Å²) in [4.78, 5) is 31.3. The Morgan fingerprint density at radius 2 is 1.65 bits per heavy atom. The Morgan fingerprint density at radius 1 is 0.946 bits per heavy atom. The third kappa shape index (κ3) is 5.39. The van der Waals surface area contributed by atoms with Crippen LogP contribution >= 0.6 is 11.8 Å². The van der Waals surface area contributed by atoms with E-state index in [4.69, 9.17) is 9.41 Å². The molecule has 8 heteroatoms. The van der Waals surface area contributed by atoms with E-state index in [2.05, 4.69) is 0 Å². The number of nitro benzene ring substituents is 1. The monoisotopic (exact) mass is 509 g/mol. The maximum Gasteiger partial charge on any atom is 0.273 e. The molecule has 0 radical (unpaired) electrons. The van der Waals surface area contributed by atoms with Gasteiger partial charge in [-0.3, -0.25) is 24.8 Å². The molecule has 0 atom stereocenters. The van der Waals surface area contributed by atoms with Gasteiger partial charge in [-0.25, -0.2) is 0 Å². The van der Waals surface area contributed by atoms with Crippen molar-refractivity contribution < 1.29 is 14.1 Å². The van der Waals surface area contributed by atoms with E-state index in [0.29, 0.717) is 45.8 Å². The van der Waals surface area contributed by atoms with Crippen molar-refractivity contribution in [1.82, 2.24) is 4.90 Å². The molecule has 0 unspecified atom stereocenters. The molecule has 1 aliphatic rings. The van der Waals surface area contributed by atoms with Gasteiger partial charge in [0, 0.05) is 23.3 Å². The number of amidine groups is 1. The molecule has 1 aromatic heterocycles. The number of hydrogen-bond acceptors (Lipinski definition) is 6. The lowest BCUT2D eigenvalue weighted by molar-refractivity contribution is -0.385. The predicted molar refractivity (Wildman–Crippen MR) is 146 cm³/mol. The molecule has 37 heavy (non-hydrogen) atoms. The molecule has 1 amide bonds. The van der Waals surface area contributed by atoms with E-state index >= 15 is 0 Å². The maximum atomic E-state index is 13.4. The minimum Gasteiger partial charge on any atom is -0.457 e. The van der Waals surface area contributed by atoms with Crippen LogP contribution in [0.3, 0.4) is 0 Å². The molecular weight excluding hydrogens is 486 g/mol. The molecule has 1 saturated heterocycles. The minimum atomic E-state index is -0.407. The summed E-state index contributed by atoms with van der Waals surface area (Å²) in [5.41, 5.74) is 3.26. The smallest absolute Gasteiger partial charge is 0.273 e. The lowest BCUT2D eigenvalue weighted by Crippen LogP contribution is -2.28. The molecule has 0 bridgehead atoms. The Balaban J connectivity index is 1.44. The second kappa shape index (κ2) is 10.7. The SMILES string of the molecule is Cc1c(-c2ccc(/C=C3\SC(=NCc4ccccc4)N(Cc4ccccc4)C3=O)o2)cccc1[N+](=O)[O-]. The van der Waals surface area contributed by atoms with Gasteiger partial charge in [0.15, 0.2) is 5.17 Å². The van der Waals surface area contributed by atoms with Crippen LogP contribution < -0.4 is 0 Å². The number of carbonyl (C=O) groups is 1. The average molecular weight is 510 g/mol. The van der Waals surface area contributed by atoms with Crippen molar-refractivity contribution in [2.75, 3.05) is 0 Å². The van der Waals surface area contributed by atoms with Crippen molar-refractivity contribution in [3.63, 3.8) is 0 Å². The largest absolute Gasteiger partial charge is 0.457 e. The summed E-state index contributed by atoms with van der Waals surface area (Å²) in [5.74, 6) is 0.841. The number of nitrogens with zero attached hydrogens (tertiary/aromatic N) is 3. The molecule has 2 heterocycles. The van der Waals surface area contributed by atoms with E-state index in [9.17, 15) is 14.9 Å². The van der Waals surface area contributed by atoms with Gasteiger partial charge in [0.25, 0.3) is 11.6 Å². The third-order valence-electron chi connectivity index (χ3n) is 5.98. The van der Waals surface area contributed by atoms with Crippen LogP contribution in [-0.4, -0.2) is 20.9 Å². The molecule has 1 aliphatic heterocycles. The van der Waals surface area contributed by atoms with E-state index in [1.54, 1.807) is 42.2 Å². The molecule has 184 valence electrons. The van der Waals surface area contributed by atoms with Crippen molar-refractivity contribution in [3.05, 3.63) is 128 Å². The second-order valence-electron chi connectivity index (χ2n) is 8.48. The van der Waals surface area contributed by atoms with Gasteiger partial charge in [-0.05, 0) is 41.9 Å². The van der Waals surface area contributed by atoms with Gasteiger partial charge in [-0.2, -0.15) is 0 Å². The average Bonchev–Trinajstić information content (AvgIpc) is 3.49. The molecule has 0 aliphatic carbocycles. The highest BCUT2D eigenvalue weighted by Gasteiger charge is 2.33. The highest BCUT2D eigenvalue weighted by molar-refractivity contribution is 8.18. The van der Waals surface area contributed by atoms with Gasteiger partial charge in [0.1, 0.15) is 11.5 Å². The van der Waals surface area contributed by atoms with Crippen LogP contribution in [-0.2, 0) is 17.9 Å². The number of aliphatic imine (C=N–C) groups is 1. The zero-order valence-corrected chi connectivity index (χ0v) is 20.9. The van der Waals surface area contributed by atoms with Gasteiger partial charge in [0.05, 0.1) is 22.9 Å². The van der Waals surface area contributed by atoms with Gasteiger partial charge in [0.2, 0.25) is 0 Å². The van der Waals surface area contributed by atoms with Crippen molar-refractivity contribution >= 4 is 34.6 Å². The summed E-state index contributed by atoms with van der Waals surface area (Å²) in [6.07, 6.45) is 1.70. The number of hydrogen-bond donors (Lipinski definition) is 0. The van der Waals surface area contributed by atoms with Crippen LogP contribution in [0.4, 0.5) is 5.69 Å². The second-order valence-corrected chi connectivity index (χ2v) is 9.49. The molecule has 0 spiro atoms. The standard InChI is InChI=1S/C29H23N3O4S/c1-20-24(13-8-14-25(20)32(34)35)26-16-15-23(36-26)17-27-28(33)31(19-22-11-6-3-7-12-22)29(37-27)30-18-21-9-4-2-5-10-21/h2-17H,18-19H2,1H3/b27-17-,30-29?. The fraction of sp³-hybridized carbons (Fsp3) is 0.103. The van der Waals surface area contributed by atoms with Crippen molar-refractivity contribution in [2.45, 2.75) is 20.0 Å². The van der Waals surface area contributed by atoms with Crippen LogP contribution in [0.2, 0.25) is 0 Å². The number of thioether (sulfide) groups is 1. The minimum absolute atomic E-state index is 0.0335. The molecule has 3 aromatic carbocycles. The Morgan fingerprint density at radius 3 is 2.35 bits per heavy atom. The Bertz CT molecular complexity index is 1510. The fourth-order valence-corrected chi connectivity index (χ4v) is 5.02. The van der Waals surface area contributed by atoms with Crippen LogP contribution in [0.5, 0.6) is 0 Å². The summed E-state index contributed by atoms with van der Waals surface area (Å²) < 4.78 is 5.99. The van der Waals surface area contributed by atoms with Crippen LogP contribution in [0.1, 0.15) is 22.5 Å². The predicted octanol–water partition coefficient (Wildman–Crippen LogP) is 6.84. The first-order valence-corrected chi connectivity index (χ1v) is 12.5. The molecule has 5 rings (SSSR count). The van der Waals surface area contributed by atoms with Crippen molar-refractivity contribution in [2.24, 2.45) is 4.99 Å². The zero-order chi connectivity index (χ0) is 25.8. The molecule has 0 saturated carbocycles. The Kier molecular flexibility index (Phi) is 7.00. The van der Waals surface area contributed by atoms with Crippen LogP contribution in [0, 0.1) is 17.0 Å². The maximum absolute atomic E-state index is 13.4. The lowest BCUT2D eigenvalue weighted by atomic mass is 10.1. The number of nitro groups is 1. The number of amides is 1. The van der Waals surface area contributed by atoms with Gasteiger partial charge in [-0.1, -0.05) is 72.8 Å². The van der Waals surface area contributed by atoms with E-state index < -0.39 is 4.92 Å².